The van der Waals surface area contributed by atoms with Crippen LogP contribution in [-0.4, -0.2) is 38.6 Å². The summed E-state index contributed by atoms with van der Waals surface area (Å²) in [4.78, 5) is 22.3. The Bertz CT molecular complexity index is 237. The molecule has 16 heavy (non-hydrogen) atoms. The molecule has 5 heteroatoms. The molecule has 1 heterocycles. The molecule has 1 aliphatic heterocycles. The SMILES string of the molecule is COC(=O)CCNC(=O)CC1CCNCC1. The van der Waals surface area contributed by atoms with Crippen LogP contribution in [0.1, 0.15) is 25.7 Å². The maximum atomic E-state index is 11.5. The van der Waals surface area contributed by atoms with E-state index in [1.807, 2.05) is 0 Å². The van der Waals surface area contributed by atoms with Crippen LogP contribution in [0.4, 0.5) is 0 Å². The summed E-state index contributed by atoms with van der Waals surface area (Å²) in [7, 11) is 1.35. The van der Waals surface area contributed by atoms with Crippen molar-refractivity contribution in [1.82, 2.24) is 10.6 Å². The minimum absolute atomic E-state index is 0.0378. The lowest BCUT2D eigenvalue weighted by Gasteiger charge is -2.21. The van der Waals surface area contributed by atoms with E-state index in [1.54, 1.807) is 0 Å². The summed E-state index contributed by atoms with van der Waals surface area (Å²) in [6.07, 6.45) is 2.94. The predicted molar refractivity (Wildman–Crippen MR) is 59.9 cm³/mol. The molecule has 0 atom stereocenters. The molecule has 1 amide bonds. The lowest BCUT2D eigenvalue weighted by atomic mass is 9.94. The third-order valence-corrected chi connectivity index (χ3v) is 2.81. The molecule has 5 nitrogen and oxygen atoms in total. The van der Waals surface area contributed by atoms with E-state index < -0.39 is 0 Å². The highest BCUT2D eigenvalue weighted by atomic mass is 16.5. The maximum absolute atomic E-state index is 11.5. The highest BCUT2D eigenvalue weighted by molar-refractivity contribution is 5.77. The largest absolute Gasteiger partial charge is 0.469 e. The van der Waals surface area contributed by atoms with Gasteiger partial charge in [-0.1, -0.05) is 0 Å². The molecule has 0 aliphatic carbocycles. The molecule has 1 saturated heterocycles. The van der Waals surface area contributed by atoms with Crippen LogP contribution in [0.3, 0.4) is 0 Å². The van der Waals surface area contributed by atoms with Crippen molar-refractivity contribution in [1.29, 1.82) is 0 Å². The van der Waals surface area contributed by atoms with Crippen molar-refractivity contribution in [3.05, 3.63) is 0 Å². The number of amides is 1. The number of hydrogen-bond acceptors (Lipinski definition) is 4. The monoisotopic (exact) mass is 228 g/mol. The number of ether oxygens (including phenoxy) is 1. The number of rotatable bonds is 5. The summed E-state index contributed by atoms with van der Waals surface area (Å²) in [6.45, 7) is 2.37. The summed E-state index contributed by atoms with van der Waals surface area (Å²) in [5, 5.41) is 6.00. The van der Waals surface area contributed by atoms with Crippen molar-refractivity contribution < 1.29 is 14.3 Å². The minimum atomic E-state index is -0.290. The van der Waals surface area contributed by atoms with Gasteiger partial charge in [0.05, 0.1) is 13.5 Å². The Morgan fingerprint density at radius 3 is 2.69 bits per heavy atom. The van der Waals surface area contributed by atoms with E-state index in [0.29, 0.717) is 18.9 Å². The highest BCUT2D eigenvalue weighted by Gasteiger charge is 2.16. The molecule has 0 unspecified atom stereocenters. The molecule has 0 spiro atoms. The van der Waals surface area contributed by atoms with Crippen molar-refractivity contribution in [2.24, 2.45) is 5.92 Å². The van der Waals surface area contributed by atoms with E-state index >= 15 is 0 Å². The average Bonchev–Trinajstić information content (AvgIpc) is 2.30. The first kappa shape index (κ1) is 13.0. The van der Waals surface area contributed by atoms with Crippen LogP contribution < -0.4 is 10.6 Å². The highest BCUT2D eigenvalue weighted by Crippen LogP contribution is 2.15. The number of carbonyl (C=O) groups excluding carboxylic acids is 2. The molecule has 92 valence electrons. The molecule has 2 N–H and O–H groups in total. The van der Waals surface area contributed by atoms with Gasteiger partial charge >= 0.3 is 5.97 Å². The summed E-state index contributed by atoms with van der Waals surface area (Å²) in [5.74, 6) is 0.234. The van der Waals surface area contributed by atoms with Crippen LogP contribution >= 0.6 is 0 Å². The van der Waals surface area contributed by atoms with Gasteiger partial charge in [-0.2, -0.15) is 0 Å². The summed E-state index contributed by atoms with van der Waals surface area (Å²) >= 11 is 0. The van der Waals surface area contributed by atoms with Gasteiger partial charge in [-0.15, -0.1) is 0 Å². The molecule has 0 aromatic heterocycles. The summed E-state index contributed by atoms with van der Waals surface area (Å²) < 4.78 is 4.48. The Balaban J connectivity index is 2.08. The van der Waals surface area contributed by atoms with Gasteiger partial charge in [-0.05, 0) is 31.8 Å². The van der Waals surface area contributed by atoms with Gasteiger partial charge in [0.25, 0.3) is 0 Å². The molecular formula is C11H20N2O3. The summed E-state index contributed by atoms with van der Waals surface area (Å²) in [6, 6.07) is 0. The molecule has 0 saturated carbocycles. The standard InChI is InChI=1S/C11H20N2O3/c1-16-11(15)4-7-13-10(14)8-9-2-5-12-6-3-9/h9,12H,2-8H2,1H3,(H,13,14). The quantitative estimate of drug-likeness (QED) is 0.653. The number of hydrogen-bond donors (Lipinski definition) is 2. The lowest BCUT2D eigenvalue weighted by molar-refractivity contribution is -0.140. The van der Waals surface area contributed by atoms with E-state index in [2.05, 4.69) is 15.4 Å². The maximum Gasteiger partial charge on any atom is 0.307 e. The second-order valence-corrected chi connectivity index (χ2v) is 4.07. The normalized spacial score (nSPS) is 16.8. The van der Waals surface area contributed by atoms with Crippen LogP contribution in [0.5, 0.6) is 0 Å². The van der Waals surface area contributed by atoms with Gasteiger partial charge in [0.1, 0.15) is 0 Å². The summed E-state index contributed by atoms with van der Waals surface area (Å²) in [5.41, 5.74) is 0. The first-order chi connectivity index (χ1) is 7.72. The zero-order chi connectivity index (χ0) is 11.8. The fourth-order valence-electron chi connectivity index (χ4n) is 1.83. The van der Waals surface area contributed by atoms with E-state index in [9.17, 15) is 9.59 Å². The predicted octanol–water partition coefficient (Wildman–Crippen LogP) is 0.0554. The van der Waals surface area contributed by atoms with Crippen LogP contribution in [0.15, 0.2) is 0 Å². The number of carbonyl (C=O) groups is 2. The van der Waals surface area contributed by atoms with Crippen LogP contribution in [0.2, 0.25) is 0 Å². The number of esters is 1. The fraction of sp³-hybridized carbons (Fsp3) is 0.818. The Morgan fingerprint density at radius 1 is 1.38 bits per heavy atom. The minimum Gasteiger partial charge on any atom is -0.469 e. The Kier molecular flexibility index (Phi) is 5.85. The van der Waals surface area contributed by atoms with E-state index in [0.717, 1.165) is 25.9 Å². The van der Waals surface area contributed by atoms with Gasteiger partial charge in [0, 0.05) is 13.0 Å². The molecule has 0 radical (unpaired) electrons. The Labute approximate surface area is 95.9 Å². The van der Waals surface area contributed by atoms with Crippen molar-refractivity contribution in [2.45, 2.75) is 25.7 Å². The zero-order valence-corrected chi connectivity index (χ0v) is 9.75. The average molecular weight is 228 g/mol. The van der Waals surface area contributed by atoms with Gasteiger partial charge < -0.3 is 15.4 Å². The molecular weight excluding hydrogens is 208 g/mol. The van der Waals surface area contributed by atoms with E-state index in [-0.39, 0.29) is 18.3 Å². The topological polar surface area (TPSA) is 67.4 Å². The Hall–Kier alpha value is -1.10. The Morgan fingerprint density at radius 2 is 2.06 bits per heavy atom. The van der Waals surface area contributed by atoms with E-state index in [4.69, 9.17) is 0 Å². The van der Waals surface area contributed by atoms with Gasteiger partial charge in [0.2, 0.25) is 5.91 Å². The lowest BCUT2D eigenvalue weighted by Crippen LogP contribution is -2.33. The number of nitrogens with one attached hydrogen (secondary N) is 2. The molecule has 0 aromatic carbocycles. The molecule has 0 aromatic rings. The van der Waals surface area contributed by atoms with Crippen molar-refractivity contribution >= 4 is 11.9 Å². The van der Waals surface area contributed by atoms with Crippen molar-refractivity contribution in [2.75, 3.05) is 26.7 Å². The molecule has 1 rings (SSSR count). The smallest absolute Gasteiger partial charge is 0.307 e. The van der Waals surface area contributed by atoms with Gasteiger partial charge in [-0.25, -0.2) is 0 Å². The fourth-order valence-corrected chi connectivity index (χ4v) is 1.83. The molecule has 1 fully saturated rings. The second kappa shape index (κ2) is 7.22. The van der Waals surface area contributed by atoms with Crippen LogP contribution in [0.25, 0.3) is 0 Å². The number of methoxy groups -OCH3 is 1. The molecule has 0 bridgehead atoms. The first-order valence-corrected chi connectivity index (χ1v) is 5.76. The van der Waals surface area contributed by atoms with Gasteiger partial charge in [-0.3, -0.25) is 9.59 Å². The van der Waals surface area contributed by atoms with Gasteiger partial charge in [0.15, 0.2) is 0 Å². The van der Waals surface area contributed by atoms with E-state index in [1.165, 1.54) is 7.11 Å². The molecule has 1 aliphatic rings. The van der Waals surface area contributed by atoms with Crippen LogP contribution in [-0.2, 0) is 14.3 Å². The second-order valence-electron chi connectivity index (χ2n) is 4.07. The van der Waals surface area contributed by atoms with Crippen molar-refractivity contribution in [3.8, 4) is 0 Å². The zero-order valence-electron chi connectivity index (χ0n) is 9.75. The van der Waals surface area contributed by atoms with Crippen LogP contribution in [0, 0.1) is 5.92 Å². The third kappa shape index (κ3) is 5.11. The van der Waals surface area contributed by atoms with Crippen molar-refractivity contribution in [3.63, 3.8) is 0 Å². The third-order valence-electron chi connectivity index (χ3n) is 2.81. The first-order valence-electron chi connectivity index (χ1n) is 5.76. The number of piperidine rings is 1.